The third kappa shape index (κ3) is 2.86. The Labute approximate surface area is 90.8 Å². The topological polar surface area (TPSA) is 37.9 Å². The zero-order valence-electron chi connectivity index (χ0n) is 9.20. The van der Waals surface area contributed by atoms with E-state index in [1.807, 2.05) is 12.1 Å². The number of quaternary nitrogens is 1. The molecule has 3 N–H and O–H groups in total. The highest BCUT2D eigenvalue weighted by Crippen LogP contribution is 2.16. The molecule has 3 heteroatoms. The van der Waals surface area contributed by atoms with Crippen LogP contribution >= 0.6 is 0 Å². The monoisotopic (exact) mass is 207 g/mol. The van der Waals surface area contributed by atoms with Gasteiger partial charge in [0.05, 0.1) is 26.2 Å². The largest absolute Gasteiger partial charge is 0.497 e. The number of piperidine rings is 1. The molecule has 0 radical (unpaired) electrons. The highest BCUT2D eigenvalue weighted by molar-refractivity contribution is 5.47. The minimum atomic E-state index is 0.618. The van der Waals surface area contributed by atoms with Crippen LogP contribution in [0.4, 0.5) is 5.69 Å². The van der Waals surface area contributed by atoms with Crippen molar-refractivity contribution >= 4 is 5.69 Å². The number of rotatable bonds is 3. The van der Waals surface area contributed by atoms with Gasteiger partial charge in [-0.15, -0.1) is 0 Å². The zero-order valence-corrected chi connectivity index (χ0v) is 9.20. The Bertz CT molecular complexity index is 291. The predicted octanol–water partition coefficient (Wildman–Crippen LogP) is 0.833. The Morgan fingerprint density at radius 3 is 2.73 bits per heavy atom. The van der Waals surface area contributed by atoms with Crippen LogP contribution in [0.5, 0.6) is 5.75 Å². The van der Waals surface area contributed by atoms with Gasteiger partial charge in [-0.25, -0.2) is 0 Å². The average Bonchev–Trinajstić information content (AvgIpc) is 2.31. The molecule has 0 aromatic heterocycles. The van der Waals surface area contributed by atoms with Gasteiger partial charge in [-0.3, -0.25) is 0 Å². The van der Waals surface area contributed by atoms with Gasteiger partial charge >= 0.3 is 0 Å². The van der Waals surface area contributed by atoms with Gasteiger partial charge < -0.3 is 15.4 Å². The van der Waals surface area contributed by atoms with Crippen LogP contribution in [0.3, 0.4) is 0 Å². The SMILES string of the molecule is COc1ccc(NC2CCC[NH2+]C2)cc1. The molecule has 0 aliphatic carbocycles. The molecule has 82 valence electrons. The van der Waals surface area contributed by atoms with Crippen LogP contribution in [0, 0.1) is 0 Å². The van der Waals surface area contributed by atoms with Crippen molar-refractivity contribution in [3.05, 3.63) is 24.3 Å². The van der Waals surface area contributed by atoms with Gasteiger partial charge in [0.25, 0.3) is 0 Å². The molecular weight excluding hydrogens is 188 g/mol. The lowest BCUT2D eigenvalue weighted by Gasteiger charge is -2.22. The first kappa shape index (κ1) is 10.3. The van der Waals surface area contributed by atoms with Crippen LogP contribution in [-0.2, 0) is 0 Å². The highest BCUT2D eigenvalue weighted by Gasteiger charge is 2.14. The van der Waals surface area contributed by atoms with Crippen LogP contribution < -0.4 is 15.4 Å². The number of benzene rings is 1. The smallest absolute Gasteiger partial charge is 0.119 e. The first-order chi connectivity index (χ1) is 7.38. The third-order valence-electron chi connectivity index (χ3n) is 2.87. The fourth-order valence-corrected chi connectivity index (χ4v) is 2.00. The lowest BCUT2D eigenvalue weighted by atomic mass is 10.1. The van der Waals surface area contributed by atoms with E-state index in [0.29, 0.717) is 6.04 Å². The maximum atomic E-state index is 5.13. The van der Waals surface area contributed by atoms with Crippen molar-refractivity contribution in [1.82, 2.24) is 0 Å². The number of nitrogens with two attached hydrogens (primary N) is 1. The summed E-state index contributed by atoms with van der Waals surface area (Å²) in [4.78, 5) is 0. The van der Waals surface area contributed by atoms with E-state index in [4.69, 9.17) is 4.74 Å². The lowest BCUT2D eigenvalue weighted by molar-refractivity contribution is -0.663. The predicted molar refractivity (Wildman–Crippen MR) is 61.3 cm³/mol. The van der Waals surface area contributed by atoms with Crippen LogP contribution in [0.25, 0.3) is 0 Å². The van der Waals surface area contributed by atoms with Crippen LogP contribution in [0.1, 0.15) is 12.8 Å². The number of ether oxygens (including phenoxy) is 1. The van der Waals surface area contributed by atoms with Crippen LogP contribution in [0.15, 0.2) is 24.3 Å². The molecule has 1 saturated heterocycles. The minimum Gasteiger partial charge on any atom is -0.497 e. The third-order valence-corrected chi connectivity index (χ3v) is 2.87. The molecule has 0 amide bonds. The normalized spacial score (nSPS) is 21.0. The number of anilines is 1. The molecule has 1 aliphatic rings. The molecule has 1 atom stereocenters. The van der Waals surface area contributed by atoms with Crippen molar-refractivity contribution in [3.8, 4) is 5.75 Å². The van der Waals surface area contributed by atoms with Gasteiger partial charge in [0.1, 0.15) is 5.75 Å². The van der Waals surface area contributed by atoms with Crippen molar-refractivity contribution in [1.29, 1.82) is 0 Å². The summed E-state index contributed by atoms with van der Waals surface area (Å²) in [6.07, 6.45) is 2.59. The Morgan fingerprint density at radius 2 is 2.13 bits per heavy atom. The van der Waals surface area contributed by atoms with E-state index in [2.05, 4.69) is 22.8 Å². The van der Waals surface area contributed by atoms with E-state index in [0.717, 1.165) is 5.75 Å². The molecule has 1 aromatic rings. The minimum absolute atomic E-state index is 0.618. The summed E-state index contributed by atoms with van der Waals surface area (Å²) in [5.74, 6) is 0.913. The van der Waals surface area contributed by atoms with E-state index in [1.165, 1.54) is 31.6 Å². The van der Waals surface area contributed by atoms with Gasteiger partial charge in [-0.1, -0.05) is 0 Å². The summed E-state index contributed by atoms with van der Waals surface area (Å²) < 4.78 is 5.13. The van der Waals surface area contributed by atoms with Crippen LogP contribution in [-0.4, -0.2) is 26.2 Å². The van der Waals surface area contributed by atoms with E-state index in [9.17, 15) is 0 Å². The fourth-order valence-electron chi connectivity index (χ4n) is 2.00. The van der Waals surface area contributed by atoms with Gasteiger partial charge in [0.2, 0.25) is 0 Å². The second-order valence-electron chi connectivity index (χ2n) is 4.03. The maximum Gasteiger partial charge on any atom is 0.119 e. The zero-order chi connectivity index (χ0) is 10.5. The van der Waals surface area contributed by atoms with Crippen molar-refractivity contribution in [2.45, 2.75) is 18.9 Å². The standard InChI is InChI=1S/C12H18N2O/c1-15-12-6-4-10(5-7-12)14-11-3-2-8-13-9-11/h4-7,11,13-14H,2-3,8-9H2,1H3/p+1. The van der Waals surface area contributed by atoms with Gasteiger partial charge in [0.15, 0.2) is 0 Å². The Kier molecular flexibility index (Phi) is 3.45. The highest BCUT2D eigenvalue weighted by atomic mass is 16.5. The van der Waals surface area contributed by atoms with Crippen molar-refractivity contribution < 1.29 is 10.1 Å². The summed E-state index contributed by atoms with van der Waals surface area (Å²) >= 11 is 0. The van der Waals surface area contributed by atoms with E-state index >= 15 is 0 Å². The van der Waals surface area contributed by atoms with Gasteiger partial charge in [-0.2, -0.15) is 0 Å². The molecule has 1 unspecified atom stereocenters. The van der Waals surface area contributed by atoms with Crippen molar-refractivity contribution in [2.75, 3.05) is 25.5 Å². The summed E-state index contributed by atoms with van der Waals surface area (Å²) in [7, 11) is 1.69. The number of hydrogen-bond acceptors (Lipinski definition) is 2. The number of hydrogen-bond donors (Lipinski definition) is 2. The van der Waals surface area contributed by atoms with Crippen molar-refractivity contribution in [2.24, 2.45) is 0 Å². The van der Waals surface area contributed by atoms with E-state index < -0.39 is 0 Å². The second-order valence-corrected chi connectivity index (χ2v) is 4.03. The van der Waals surface area contributed by atoms with E-state index in [1.54, 1.807) is 7.11 Å². The molecule has 3 nitrogen and oxygen atoms in total. The molecule has 1 heterocycles. The van der Waals surface area contributed by atoms with Crippen molar-refractivity contribution in [3.63, 3.8) is 0 Å². The Hall–Kier alpha value is -1.22. The Morgan fingerprint density at radius 1 is 1.33 bits per heavy atom. The van der Waals surface area contributed by atoms with Gasteiger partial charge in [0, 0.05) is 5.69 Å². The molecule has 0 spiro atoms. The number of methoxy groups -OCH3 is 1. The Balaban J connectivity index is 1.91. The fraction of sp³-hybridized carbons (Fsp3) is 0.500. The molecular formula is C12H19N2O+. The lowest BCUT2D eigenvalue weighted by Crippen LogP contribution is -2.88. The summed E-state index contributed by atoms with van der Waals surface area (Å²) in [5, 5.41) is 5.92. The molecule has 1 aromatic carbocycles. The molecule has 0 bridgehead atoms. The molecule has 1 fully saturated rings. The molecule has 0 saturated carbocycles. The second kappa shape index (κ2) is 5.03. The summed E-state index contributed by atoms with van der Waals surface area (Å²) in [6, 6.07) is 8.76. The maximum absolute atomic E-state index is 5.13. The number of nitrogens with one attached hydrogen (secondary N) is 1. The average molecular weight is 207 g/mol. The first-order valence-electron chi connectivity index (χ1n) is 5.61. The quantitative estimate of drug-likeness (QED) is 0.770. The molecule has 1 aliphatic heterocycles. The van der Waals surface area contributed by atoms with E-state index in [-0.39, 0.29) is 0 Å². The summed E-state index contributed by atoms with van der Waals surface area (Å²) in [6.45, 7) is 2.47. The van der Waals surface area contributed by atoms with Gasteiger partial charge in [-0.05, 0) is 37.1 Å². The molecule has 2 rings (SSSR count). The first-order valence-corrected chi connectivity index (χ1v) is 5.61. The summed E-state index contributed by atoms with van der Waals surface area (Å²) in [5.41, 5.74) is 1.19. The molecule has 15 heavy (non-hydrogen) atoms. The van der Waals surface area contributed by atoms with Crippen LogP contribution in [0.2, 0.25) is 0 Å².